The fourth-order valence-corrected chi connectivity index (χ4v) is 1.79. The molecule has 0 spiro atoms. The first kappa shape index (κ1) is 10.8. The van der Waals surface area contributed by atoms with Crippen LogP contribution in [-0.4, -0.2) is 6.54 Å². The van der Waals surface area contributed by atoms with Crippen molar-refractivity contribution in [2.45, 2.75) is 18.9 Å². The predicted octanol–water partition coefficient (Wildman–Crippen LogP) is 3.19. The van der Waals surface area contributed by atoms with Crippen LogP contribution in [-0.2, 0) is 0 Å². The molecule has 0 radical (unpaired) electrons. The molecule has 1 aliphatic heterocycles. The van der Waals surface area contributed by atoms with Crippen LogP contribution in [0.2, 0.25) is 5.02 Å². The Bertz CT molecular complexity index is 252. The third kappa shape index (κ3) is 2.60. The van der Waals surface area contributed by atoms with Gasteiger partial charge in [-0.25, -0.2) is 0 Å². The van der Waals surface area contributed by atoms with Gasteiger partial charge >= 0.3 is 0 Å². The molecule has 1 heterocycles. The van der Waals surface area contributed by atoms with Gasteiger partial charge in [-0.15, -0.1) is 12.4 Å². The van der Waals surface area contributed by atoms with E-state index in [1.165, 1.54) is 18.4 Å². The zero-order valence-electron chi connectivity index (χ0n) is 7.29. The first-order valence-corrected chi connectivity index (χ1v) is 4.73. The van der Waals surface area contributed by atoms with Crippen LogP contribution < -0.4 is 5.32 Å². The maximum atomic E-state index is 5.80. The molecule has 1 aliphatic rings. The lowest BCUT2D eigenvalue weighted by atomic mass is 10.1. The molecule has 0 saturated carbocycles. The first-order chi connectivity index (χ1) is 5.86. The van der Waals surface area contributed by atoms with Crippen molar-refractivity contribution in [2.75, 3.05) is 6.54 Å². The van der Waals surface area contributed by atoms with E-state index in [1.807, 2.05) is 12.1 Å². The molecule has 0 aromatic heterocycles. The van der Waals surface area contributed by atoms with Crippen molar-refractivity contribution >= 4 is 24.0 Å². The normalized spacial score (nSPS) is 21.2. The van der Waals surface area contributed by atoms with Crippen LogP contribution >= 0.6 is 24.0 Å². The summed E-state index contributed by atoms with van der Waals surface area (Å²) >= 11 is 5.80. The van der Waals surface area contributed by atoms with Crippen molar-refractivity contribution in [3.8, 4) is 0 Å². The second-order valence-electron chi connectivity index (χ2n) is 3.20. The smallest absolute Gasteiger partial charge is 0.0406 e. The van der Waals surface area contributed by atoms with E-state index in [0.717, 1.165) is 11.6 Å². The highest BCUT2D eigenvalue weighted by Crippen LogP contribution is 2.23. The van der Waals surface area contributed by atoms with Gasteiger partial charge in [0.1, 0.15) is 0 Å². The van der Waals surface area contributed by atoms with Crippen LogP contribution in [0.4, 0.5) is 0 Å². The van der Waals surface area contributed by atoms with Gasteiger partial charge in [-0.05, 0) is 37.1 Å². The fraction of sp³-hybridized carbons (Fsp3) is 0.400. The van der Waals surface area contributed by atoms with Gasteiger partial charge in [0.05, 0.1) is 0 Å². The molecule has 0 aliphatic carbocycles. The summed E-state index contributed by atoms with van der Waals surface area (Å²) in [5, 5.41) is 4.27. The molecule has 0 bridgehead atoms. The summed E-state index contributed by atoms with van der Waals surface area (Å²) in [4.78, 5) is 0. The van der Waals surface area contributed by atoms with E-state index < -0.39 is 0 Å². The molecule has 72 valence electrons. The Labute approximate surface area is 89.9 Å². The van der Waals surface area contributed by atoms with Crippen molar-refractivity contribution in [3.05, 3.63) is 34.9 Å². The molecular weight excluding hydrogens is 205 g/mol. The van der Waals surface area contributed by atoms with E-state index >= 15 is 0 Å². The van der Waals surface area contributed by atoms with E-state index in [4.69, 9.17) is 11.6 Å². The number of halogens is 2. The lowest BCUT2D eigenvalue weighted by Gasteiger charge is -2.09. The van der Waals surface area contributed by atoms with E-state index in [-0.39, 0.29) is 12.4 Å². The SMILES string of the molecule is Cl.Clc1ccc(C2CCCN2)cc1. The minimum Gasteiger partial charge on any atom is -0.310 e. The summed E-state index contributed by atoms with van der Waals surface area (Å²) in [5.74, 6) is 0. The van der Waals surface area contributed by atoms with E-state index in [0.29, 0.717) is 6.04 Å². The van der Waals surface area contributed by atoms with Gasteiger partial charge in [-0.3, -0.25) is 0 Å². The molecule has 1 nitrogen and oxygen atoms in total. The minimum absolute atomic E-state index is 0. The molecule has 1 aromatic rings. The number of rotatable bonds is 1. The summed E-state index contributed by atoms with van der Waals surface area (Å²) in [6.45, 7) is 1.15. The summed E-state index contributed by atoms with van der Waals surface area (Å²) in [5.41, 5.74) is 1.36. The Morgan fingerprint density at radius 1 is 1.23 bits per heavy atom. The summed E-state index contributed by atoms with van der Waals surface area (Å²) in [6.07, 6.45) is 2.54. The first-order valence-electron chi connectivity index (χ1n) is 4.35. The van der Waals surface area contributed by atoms with Gasteiger partial charge in [0.2, 0.25) is 0 Å². The number of hydrogen-bond donors (Lipinski definition) is 1. The van der Waals surface area contributed by atoms with E-state index in [1.54, 1.807) is 0 Å². The van der Waals surface area contributed by atoms with Crippen LogP contribution in [0.15, 0.2) is 24.3 Å². The second-order valence-corrected chi connectivity index (χ2v) is 3.64. The Balaban J connectivity index is 0.000000845. The van der Waals surface area contributed by atoms with Gasteiger partial charge < -0.3 is 5.32 Å². The molecule has 1 unspecified atom stereocenters. The lowest BCUT2D eigenvalue weighted by Crippen LogP contribution is -2.12. The predicted molar refractivity (Wildman–Crippen MR) is 58.7 cm³/mol. The zero-order valence-corrected chi connectivity index (χ0v) is 8.87. The average Bonchev–Trinajstić information content (AvgIpc) is 2.58. The fourth-order valence-electron chi connectivity index (χ4n) is 1.66. The van der Waals surface area contributed by atoms with Gasteiger partial charge in [0.25, 0.3) is 0 Å². The highest BCUT2D eigenvalue weighted by atomic mass is 35.5. The molecule has 3 heteroatoms. The van der Waals surface area contributed by atoms with Crippen LogP contribution in [0, 0.1) is 0 Å². The van der Waals surface area contributed by atoms with Crippen molar-refractivity contribution < 1.29 is 0 Å². The number of nitrogens with one attached hydrogen (secondary N) is 1. The zero-order chi connectivity index (χ0) is 8.39. The Morgan fingerprint density at radius 3 is 2.46 bits per heavy atom. The topological polar surface area (TPSA) is 12.0 Å². The highest BCUT2D eigenvalue weighted by Gasteiger charge is 2.15. The minimum atomic E-state index is 0. The van der Waals surface area contributed by atoms with E-state index in [9.17, 15) is 0 Å². The second kappa shape index (κ2) is 4.85. The molecule has 1 N–H and O–H groups in total. The van der Waals surface area contributed by atoms with Crippen molar-refractivity contribution in [1.29, 1.82) is 0 Å². The molecule has 1 atom stereocenters. The monoisotopic (exact) mass is 217 g/mol. The maximum absolute atomic E-state index is 5.80. The third-order valence-corrected chi connectivity index (χ3v) is 2.58. The maximum Gasteiger partial charge on any atom is 0.0406 e. The standard InChI is InChI=1S/C10H12ClN.ClH/c11-9-5-3-8(4-6-9)10-2-1-7-12-10;/h3-6,10,12H,1-2,7H2;1H. The van der Waals surface area contributed by atoms with Gasteiger partial charge in [0, 0.05) is 11.1 Å². The van der Waals surface area contributed by atoms with Gasteiger partial charge in [-0.1, -0.05) is 23.7 Å². The summed E-state index contributed by atoms with van der Waals surface area (Å²) in [7, 11) is 0. The van der Waals surface area contributed by atoms with Crippen LogP contribution in [0.3, 0.4) is 0 Å². The molecule has 2 rings (SSSR count). The molecule has 1 aromatic carbocycles. The Morgan fingerprint density at radius 2 is 1.92 bits per heavy atom. The Hall–Kier alpha value is -0.240. The van der Waals surface area contributed by atoms with Crippen LogP contribution in [0.25, 0.3) is 0 Å². The number of hydrogen-bond acceptors (Lipinski definition) is 1. The van der Waals surface area contributed by atoms with Crippen LogP contribution in [0.5, 0.6) is 0 Å². The average molecular weight is 218 g/mol. The van der Waals surface area contributed by atoms with E-state index in [2.05, 4.69) is 17.4 Å². The third-order valence-electron chi connectivity index (χ3n) is 2.33. The summed E-state index contributed by atoms with van der Waals surface area (Å²) in [6, 6.07) is 8.67. The molecule has 1 fully saturated rings. The van der Waals surface area contributed by atoms with Crippen molar-refractivity contribution in [2.24, 2.45) is 0 Å². The van der Waals surface area contributed by atoms with Gasteiger partial charge in [-0.2, -0.15) is 0 Å². The van der Waals surface area contributed by atoms with Gasteiger partial charge in [0.15, 0.2) is 0 Å². The molecular formula is C10H13Cl2N. The van der Waals surface area contributed by atoms with Crippen molar-refractivity contribution in [3.63, 3.8) is 0 Å². The number of benzene rings is 1. The summed E-state index contributed by atoms with van der Waals surface area (Å²) < 4.78 is 0. The van der Waals surface area contributed by atoms with Crippen LogP contribution in [0.1, 0.15) is 24.4 Å². The lowest BCUT2D eigenvalue weighted by molar-refractivity contribution is 0.648. The molecule has 1 saturated heterocycles. The molecule has 0 amide bonds. The highest BCUT2D eigenvalue weighted by molar-refractivity contribution is 6.30. The molecule has 13 heavy (non-hydrogen) atoms. The van der Waals surface area contributed by atoms with Crippen molar-refractivity contribution in [1.82, 2.24) is 5.32 Å². The quantitative estimate of drug-likeness (QED) is 0.763. The largest absolute Gasteiger partial charge is 0.310 e. The Kier molecular flexibility index (Phi) is 4.04.